The molecule has 38 heavy (non-hydrogen) atoms. The van der Waals surface area contributed by atoms with E-state index in [-0.39, 0.29) is 17.6 Å². The van der Waals surface area contributed by atoms with Crippen molar-refractivity contribution in [3.8, 4) is 0 Å². The second-order valence-corrected chi connectivity index (χ2v) is 12.5. The fourth-order valence-electron chi connectivity index (χ4n) is 5.46. The minimum atomic E-state index is -0.535. The van der Waals surface area contributed by atoms with E-state index in [1.54, 1.807) is 11.8 Å². The predicted molar refractivity (Wildman–Crippen MR) is 159 cm³/mol. The fourth-order valence-corrected chi connectivity index (χ4v) is 6.22. The van der Waals surface area contributed by atoms with Crippen LogP contribution in [-0.2, 0) is 17.6 Å². The number of aryl methyl sites for hydroxylation is 1. The lowest BCUT2D eigenvalue weighted by atomic mass is 9.72. The summed E-state index contributed by atoms with van der Waals surface area (Å²) in [5, 5.41) is 4.24. The number of carbonyl (C=O) groups is 1. The largest absolute Gasteiger partial charge is 0.444 e. The van der Waals surface area contributed by atoms with E-state index < -0.39 is 5.60 Å². The Morgan fingerprint density at radius 2 is 1.84 bits per heavy atom. The molecule has 202 valence electrons. The number of amides is 1. The summed E-state index contributed by atoms with van der Waals surface area (Å²) in [6.45, 7) is 13.2. The Hall–Kier alpha value is -3.06. The minimum absolute atomic E-state index is 0.0458. The normalized spacial score (nSPS) is 19.3. The van der Waals surface area contributed by atoms with E-state index in [9.17, 15) is 4.79 Å². The molecule has 0 radical (unpaired) electrons. The number of benzene rings is 2. The molecule has 0 bridgehead atoms. The molecule has 1 aliphatic carbocycles. The molecule has 1 saturated heterocycles. The fraction of sp³-hybridized carbons (Fsp3) is 0.452. The number of alkyl carbamates (subject to hydrolysis) is 1. The standard InChI is InChI=1S/C31H40N4O2S/c1-23(38-20-15-24-11-7-6-8-12-24)33-22-27(32-5)35-18-16-31(17-19-35)21-25-13-9-10-14-26(25)28(31)34-29(36)37-30(2,3)4/h6-14,22,28H,5,15-21H2,1-4H3,(H,34,36)/b27-22+,33-23?/t28-/m1/s1. The maximum atomic E-state index is 12.8. The van der Waals surface area contributed by atoms with Crippen molar-refractivity contribution in [3.63, 3.8) is 0 Å². The molecule has 0 saturated carbocycles. The topological polar surface area (TPSA) is 66.3 Å². The van der Waals surface area contributed by atoms with Crippen LogP contribution in [0.25, 0.3) is 0 Å². The second-order valence-electron chi connectivity index (χ2n) is 11.2. The van der Waals surface area contributed by atoms with Gasteiger partial charge in [-0.05, 0) is 76.8 Å². The van der Waals surface area contributed by atoms with Crippen LogP contribution in [0.1, 0.15) is 63.3 Å². The van der Waals surface area contributed by atoms with Gasteiger partial charge in [-0.3, -0.25) is 4.99 Å². The van der Waals surface area contributed by atoms with E-state index in [0.29, 0.717) is 0 Å². The first kappa shape index (κ1) is 28.0. The molecule has 1 amide bonds. The van der Waals surface area contributed by atoms with E-state index in [1.807, 2.05) is 40.0 Å². The van der Waals surface area contributed by atoms with Crippen molar-refractivity contribution >= 4 is 29.6 Å². The maximum absolute atomic E-state index is 12.8. The molecule has 2 aliphatic rings. The second kappa shape index (κ2) is 12.2. The van der Waals surface area contributed by atoms with Crippen molar-refractivity contribution in [2.45, 2.75) is 65.0 Å². The molecule has 2 aromatic carbocycles. The number of aliphatic imine (C=N–C) groups is 2. The zero-order valence-electron chi connectivity index (χ0n) is 23.1. The van der Waals surface area contributed by atoms with E-state index >= 15 is 0 Å². The van der Waals surface area contributed by atoms with Gasteiger partial charge in [-0.1, -0.05) is 54.6 Å². The van der Waals surface area contributed by atoms with Gasteiger partial charge in [-0.25, -0.2) is 9.79 Å². The number of hydrogen-bond donors (Lipinski definition) is 1. The third-order valence-electron chi connectivity index (χ3n) is 7.33. The summed E-state index contributed by atoms with van der Waals surface area (Å²) in [7, 11) is 0. The monoisotopic (exact) mass is 532 g/mol. The van der Waals surface area contributed by atoms with Crippen LogP contribution in [0, 0.1) is 5.41 Å². The number of thioether (sulfide) groups is 1. The van der Waals surface area contributed by atoms with Gasteiger partial charge >= 0.3 is 6.09 Å². The highest BCUT2D eigenvalue weighted by molar-refractivity contribution is 8.13. The summed E-state index contributed by atoms with van der Waals surface area (Å²) in [4.78, 5) is 24.0. The Morgan fingerprint density at radius 3 is 2.53 bits per heavy atom. The lowest BCUT2D eigenvalue weighted by molar-refractivity contribution is 0.0375. The van der Waals surface area contributed by atoms with Gasteiger partial charge in [0.25, 0.3) is 0 Å². The SMILES string of the molecule is C=N/C(=C\N=C(C)SCCc1ccccc1)N1CCC2(CC1)Cc1ccccc1[C@H]2NC(=O)OC(C)(C)C. The number of ether oxygens (including phenoxy) is 1. The Kier molecular flexibility index (Phi) is 8.98. The molecule has 1 atom stereocenters. The molecule has 1 spiro atoms. The number of nitrogens with one attached hydrogen (secondary N) is 1. The summed E-state index contributed by atoms with van der Waals surface area (Å²) >= 11 is 1.76. The summed E-state index contributed by atoms with van der Waals surface area (Å²) in [5.74, 6) is 1.79. The molecule has 0 aromatic heterocycles. The summed E-state index contributed by atoms with van der Waals surface area (Å²) in [6.07, 6.45) is 5.32. The highest BCUT2D eigenvalue weighted by atomic mass is 32.2. The Morgan fingerprint density at radius 1 is 1.16 bits per heavy atom. The van der Waals surface area contributed by atoms with Crippen LogP contribution >= 0.6 is 11.8 Å². The molecular formula is C31H40N4O2S. The van der Waals surface area contributed by atoms with Gasteiger partial charge in [0, 0.05) is 24.3 Å². The first-order valence-corrected chi connectivity index (χ1v) is 14.4. The average molecular weight is 533 g/mol. The van der Waals surface area contributed by atoms with Gasteiger partial charge in [0.05, 0.1) is 17.3 Å². The van der Waals surface area contributed by atoms with Crippen LogP contribution < -0.4 is 5.32 Å². The predicted octanol–water partition coefficient (Wildman–Crippen LogP) is 6.78. The van der Waals surface area contributed by atoms with Gasteiger partial charge < -0.3 is 15.0 Å². The number of hydrogen-bond acceptors (Lipinski definition) is 6. The Balaban J connectivity index is 1.39. The zero-order chi connectivity index (χ0) is 27.2. The lowest BCUT2D eigenvalue weighted by Gasteiger charge is -2.44. The third-order valence-corrected chi connectivity index (χ3v) is 8.27. The van der Waals surface area contributed by atoms with Gasteiger partial charge in [-0.2, -0.15) is 0 Å². The first-order valence-electron chi connectivity index (χ1n) is 13.4. The molecule has 0 unspecified atom stereocenters. The van der Waals surface area contributed by atoms with E-state index in [0.717, 1.165) is 55.4 Å². The van der Waals surface area contributed by atoms with E-state index in [2.05, 4.69) is 75.4 Å². The minimum Gasteiger partial charge on any atom is -0.444 e. The maximum Gasteiger partial charge on any atom is 0.408 e. The molecule has 1 heterocycles. The average Bonchev–Trinajstić information content (AvgIpc) is 3.17. The van der Waals surface area contributed by atoms with Crippen molar-refractivity contribution in [2.24, 2.45) is 15.4 Å². The molecular weight excluding hydrogens is 492 g/mol. The van der Waals surface area contributed by atoms with Crippen molar-refractivity contribution < 1.29 is 9.53 Å². The van der Waals surface area contributed by atoms with Crippen molar-refractivity contribution in [2.75, 3.05) is 18.8 Å². The van der Waals surface area contributed by atoms with Crippen LogP contribution in [0.5, 0.6) is 0 Å². The lowest BCUT2D eigenvalue weighted by Crippen LogP contribution is -2.47. The van der Waals surface area contributed by atoms with Crippen molar-refractivity contribution in [1.29, 1.82) is 0 Å². The summed E-state index contributed by atoms with van der Waals surface area (Å²) in [5.41, 5.74) is 3.28. The Bertz CT molecular complexity index is 1180. The first-order chi connectivity index (χ1) is 18.2. The molecule has 1 fully saturated rings. The molecule has 1 aliphatic heterocycles. The molecule has 6 nitrogen and oxygen atoms in total. The molecule has 2 aromatic rings. The van der Waals surface area contributed by atoms with Crippen LogP contribution in [0.15, 0.2) is 76.6 Å². The zero-order valence-corrected chi connectivity index (χ0v) is 23.9. The highest BCUT2D eigenvalue weighted by Gasteiger charge is 2.48. The smallest absolute Gasteiger partial charge is 0.408 e. The van der Waals surface area contributed by atoms with Gasteiger partial charge in [-0.15, -0.1) is 11.8 Å². The van der Waals surface area contributed by atoms with Crippen LogP contribution in [0.2, 0.25) is 0 Å². The van der Waals surface area contributed by atoms with E-state index in [4.69, 9.17) is 4.74 Å². The third kappa shape index (κ3) is 7.07. The van der Waals surface area contributed by atoms with E-state index in [1.165, 1.54) is 16.7 Å². The highest BCUT2D eigenvalue weighted by Crippen LogP contribution is 2.52. The summed E-state index contributed by atoms with van der Waals surface area (Å²) < 4.78 is 5.62. The number of fused-ring (bicyclic) bond motifs is 1. The number of carbonyl (C=O) groups excluding carboxylic acids is 1. The Labute approximate surface area is 231 Å². The molecule has 7 heteroatoms. The molecule has 4 rings (SSSR count). The van der Waals surface area contributed by atoms with Crippen molar-refractivity contribution in [3.05, 3.63) is 83.3 Å². The van der Waals surface area contributed by atoms with Crippen molar-refractivity contribution in [1.82, 2.24) is 10.2 Å². The van der Waals surface area contributed by atoms with Gasteiger partial charge in [0.15, 0.2) is 0 Å². The van der Waals surface area contributed by atoms with Crippen LogP contribution in [0.4, 0.5) is 4.79 Å². The van der Waals surface area contributed by atoms with Crippen LogP contribution in [-0.4, -0.2) is 47.2 Å². The van der Waals surface area contributed by atoms with Gasteiger partial charge in [0.1, 0.15) is 11.4 Å². The number of likely N-dealkylation sites (tertiary alicyclic amines) is 1. The number of rotatable bonds is 7. The summed E-state index contributed by atoms with van der Waals surface area (Å²) in [6, 6.07) is 18.9. The molecule has 1 N–H and O–H groups in total. The van der Waals surface area contributed by atoms with Gasteiger partial charge in [0.2, 0.25) is 0 Å². The quantitative estimate of drug-likeness (QED) is 0.315. The van der Waals surface area contributed by atoms with Crippen LogP contribution in [0.3, 0.4) is 0 Å². The number of nitrogens with zero attached hydrogens (tertiary/aromatic N) is 3. The number of piperidine rings is 1.